The maximum Gasteiger partial charge on any atom is 0.234 e. The summed E-state index contributed by atoms with van der Waals surface area (Å²) in [7, 11) is 1.99. The third-order valence-electron chi connectivity index (χ3n) is 4.12. The maximum atomic E-state index is 12.3. The lowest BCUT2D eigenvalue weighted by Gasteiger charge is -2.27. The Hall–Kier alpha value is -1.65. The number of aryl methyl sites for hydroxylation is 1. The summed E-state index contributed by atoms with van der Waals surface area (Å²) in [5.41, 5.74) is 2.68. The standard InChI is InChI=1S/C18H22N2OS/c1-20(12-15-8-5-11-22-15)13-18(21)19-17-10-4-7-14-6-2-3-9-16(14)17/h2-3,5-6,8-9,11,17H,4,7,10,12-13H2,1H3,(H,19,21)/t17-/m1/s1. The summed E-state index contributed by atoms with van der Waals surface area (Å²) in [6.45, 7) is 1.27. The van der Waals surface area contributed by atoms with Crippen LogP contribution in [0, 0.1) is 0 Å². The topological polar surface area (TPSA) is 32.3 Å². The average Bonchev–Trinajstić information content (AvgIpc) is 3.00. The van der Waals surface area contributed by atoms with Crippen LogP contribution in [0.25, 0.3) is 0 Å². The highest BCUT2D eigenvalue weighted by Crippen LogP contribution is 2.29. The van der Waals surface area contributed by atoms with Crippen LogP contribution in [-0.4, -0.2) is 24.4 Å². The first kappa shape index (κ1) is 15.3. The zero-order valence-corrected chi connectivity index (χ0v) is 13.7. The number of fused-ring (bicyclic) bond motifs is 1. The van der Waals surface area contributed by atoms with Crippen molar-refractivity contribution >= 4 is 17.2 Å². The van der Waals surface area contributed by atoms with Gasteiger partial charge in [-0.3, -0.25) is 9.69 Å². The van der Waals surface area contributed by atoms with Gasteiger partial charge in [0.05, 0.1) is 12.6 Å². The highest BCUT2D eigenvalue weighted by molar-refractivity contribution is 7.09. The largest absolute Gasteiger partial charge is 0.348 e. The van der Waals surface area contributed by atoms with Gasteiger partial charge in [-0.1, -0.05) is 30.3 Å². The van der Waals surface area contributed by atoms with Crippen LogP contribution in [0.1, 0.15) is 34.9 Å². The van der Waals surface area contributed by atoms with Crippen LogP contribution in [-0.2, 0) is 17.8 Å². The number of thiophene rings is 1. The molecule has 2 aromatic rings. The molecule has 1 atom stereocenters. The molecule has 1 aromatic heterocycles. The van der Waals surface area contributed by atoms with Crippen molar-refractivity contribution < 1.29 is 4.79 Å². The van der Waals surface area contributed by atoms with Crippen molar-refractivity contribution in [2.75, 3.05) is 13.6 Å². The molecule has 116 valence electrons. The molecular weight excluding hydrogens is 292 g/mol. The summed E-state index contributed by atoms with van der Waals surface area (Å²) in [5, 5.41) is 5.28. The second-order valence-corrected chi connectivity index (χ2v) is 7.00. The molecule has 0 bridgehead atoms. The smallest absolute Gasteiger partial charge is 0.234 e. The van der Waals surface area contributed by atoms with Crippen LogP contribution >= 0.6 is 11.3 Å². The molecule has 1 heterocycles. The van der Waals surface area contributed by atoms with E-state index in [9.17, 15) is 4.79 Å². The Labute approximate surface area is 136 Å². The number of rotatable bonds is 5. The van der Waals surface area contributed by atoms with Gasteiger partial charge in [0.15, 0.2) is 0 Å². The first-order chi connectivity index (χ1) is 10.7. The van der Waals surface area contributed by atoms with Gasteiger partial charge < -0.3 is 5.32 Å². The monoisotopic (exact) mass is 314 g/mol. The van der Waals surface area contributed by atoms with Crippen LogP contribution in [0.5, 0.6) is 0 Å². The SMILES string of the molecule is CN(CC(=O)N[C@@H]1CCCc2ccccc21)Cc1cccs1. The maximum absolute atomic E-state index is 12.3. The first-order valence-corrected chi connectivity index (χ1v) is 8.68. The Morgan fingerprint density at radius 3 is 3.00 bits per heavy atom. The highest BCUT2D eigenvalue weighted by Gasteiger charge is 2.21. The lowest BCUT2D eigenvalue weighted by Crippen LogP contribution is -2.38. The minimum atomic E-state index is 0.112. The molecule has 0 saturated carbocycles. The quantitative estimate of drug-likeness (QED) is 0.917. The third kappa shape index (κ3) is 3.76. The second kappa shape index (κ2) is 7.07. The fourth-order valence-electron chi connectivity index (χ4n) is 3.11. The molecule has 1 N–H and O–H groups in total. The molecule has 1 aliphatic rings. The van der Waals surface area contributed by atoms with Crippen molar-refractivity contribution in [3.05, 3.63) is 57.8 Å². The van der Waals surface area contributed by atoms with Gasteiger partial charge >= 0.3 is 0 Å². The van der Waals surface area contributed by atoms with E-state index in [1.54, 1.807) is 11.3 Å². The highest BCUT2D eigenvalue weighted by atomic mass is 32.1. The summed E-state index contributed by atoms with van der Waals surface area (Å²) in [6, 6.07) is 12.8. The fourth-order valence-corrected chi connectivity index (χ4v) is 3.90. The number of hydrogen-bond acceptors (Lipinski definition) is 3. The molecule has 0 unspecified atom stereocenters. The minimum Gasteiger partial charge on any atom is -0.348 e. The van der Waals surface area contributed by atoms with Crippen LogP contribution in [0.2, 0.25) is 0 Å². The van der Waals surface area contributed by atoms with Gasteiger partial charge in [-0.15, -0.1) is 11.3 Å². The molecule has 0 saturated heterocycles. The zero-order valence-electron chi connectivity index (χ0n) is 12.9. The molecule has 0 aliphatic heterocycles. The van der Waals surface area contributed by atoms with Crippen molar-refractivity contribution in [2.24, 2.45) is 0 Å². The number of nitrogens with zero attached hydrogens (tertiary/aromatic N) is 1. The van der Waals surface area contributed by atoms with Crippen LogP contribution in [0.3, 0.4) is 0 Å². The molecule has 3 nitrogen and oxygen atoms in total. The van der Waals surface area contributed by atoms with E-state index in [4.69, 9.17) is 0 Å². The van der Waals surface area contributed by atoms with Gasteiger partial charge in [0.25, 0.3) is 0 Å². The number of carbonyl (C=O) groups excluding carboxylic acids is 1. The Bertz CT molecular complexity index is 624. The van der Waals surface area contributed by atoms with E-state index in [0.717, 1.165) is 25.8 Å². The Balaban J connectivity index is 1.56. The van der Waals surface area contributed by atoms with E-state index in [-0.39, 0.29) is 11.9 Å². The second-order valence-electron chi connectivity index (χ2n) is 5.96. The molecular formula is C18H22N2OS. The van der Waals surface area contributed by atoms with E-state index < -0.39 is 0 Å². The van der Waals surface area contributed by atoms with Crippen molar-refractivity contribution in [3.8, 4) is 0 Å². The average molecular weight is 314 g/mol. The van der Waals surface area contributed by atoms with E-state index >= 15 is 0 Å². The van der Waals surface area contributed by atoms with Crippen molar-refractivity contribution in [1.82, 2.24) is 10.2 Å². The molecule has 22 heavy (non-hydrogen) atoms. The summed E-state index contributed by atoms with van der Waals surface area (Å²) >= 11 is 1.73. The molecule has 1 amide bonds. The molecule has 0 fully saturated rings. The number of nitrogens with one attached hydrogen (secondary N) is 1. The first-order valence-electron chi connectivity index (χ1n) is 7.80. The van der Waals surface area contributed by atoms with Crippen molar-refractivity contribution in [2.45, 2.75) is 31.8 Å². The van der Waals surface area contributed by atoms with E-state index in [1.165, 1.54) is 16.0 Å². The molecule has 0 radical (unpaired) electrons. The predicted octanol–water partition coefficient (Wildman–Crippen LogP) is 3.37. The van der Waals surface area contributed by atoms with Gasteiger partial charge in [0, 0.05) is 11.4 Å². The Kier molecular flexibility index (Phi) is 4.90. The lowest BCUT2D eigenvalue weighted by molar-refractivity contribution is -0.122. The zero-order chi connectivity index (χ0) is 15.4. The third-order valence-corrected chi connectivity index (χ3v) is 4.99. The van der Waals surface area contributed by atoms with Gasteiger partial charge in [-0.25, -0.2) is 0 Å². The number of carbonyl (C=O) groups is 1. The number of amides is 1. The van der Waals surface area contributed by atoms with Crippen LogP contribution < -0.4 is 5.32 Å². The fraction of sp³-hybridized carbons (Fsp3) is 0.389. The van der Waals surface area contributed by atoms with Gasteiger partial charge in [-0.2, -0.15) is 0 Å². The number of hydrogen-bond donors (Lipinski definition) is 1. The predicted molar refractivity (Wildman–Crippen MR) is 90.9 cm³/mol. The minimum absolute atomic E-state index is 0.112. The van der Waals surface area contributed by atoms with Crippen molar-refractivity contribution in [1.29, 1.82) is 0 Å². The molecule has 0 spiro atoms. The summed E-state index contributed by atoms with van der Waals surface area (Å²) < 4.78 is 0. The lowest BCUT2D eigenvalue weighted by atomic mass is 9.88. The Morgan fingerprint density at radius 1 is 1.32 bits per heavy atom. The summed E-state index contributed by atoms with van der Waals surface area (Å²) in [4.78, 5) is 15.7. The van der Waals surface area contributed by atoms with Crippen molar-refractivity contribution in [3.63, 3.8) is 0 Å². The molecule has 1 aliphatic carbocycles. The van der Waals surface area contributed by atoms with Gasteiger partial charge in [0.2, 0.25) is 5.91 Å². The van der Waals surface area contributed by atoms with E-state index in [2.05, 4.69) is 45.9 Å². The summed E-state index contributed by atoms with van der Waals surface area (Å²) in [5.74, 6) is 0.112. The van der Waals surface area contributed by atoms with E-state index in [1.807, 2.05) is 13.1 Å². The normalized spacial score (nSPS) is 17.3. The number of benzene rings is 1. The van der Waals surface area contributed by atoms with Gasteiger partial charge in [0.1, 0.15) is 0 Å². The van der Waals surface area contributed by atoms with Crippen LogP contribution in [0.15, 0.2) is 41.8 Å². The summed E-state index contributed by atoms with van der Waals surface area (Å²) in [6.07, 6.45) is 3.31. The Morgan fingerprint density at radius 2 is 2.18 bits per heavy atom. The van der Waals surface area contributed by atoms with E-state index in [0.29, 0.717) is 6.54 Å². The van der Waals surface area contributed by atoms with Crippen LogP contribution in [0.4, 0.5) is 0 Å². The molecule has 3 rings (SSSR count). The van der Waals surface area contributed by atoms with Gasteiger partial charge in [-0.05, 0) is 48.9 Å². The molecule has 4 heteroatoms. The molecule has 1 aromatic carbocycles. The number of likely N-dealkylation sites (N-methyl/N-ethyl adjacent to an activating group) is 1.